The van der Waals surface area contributed by atoms with Crippen LogP contribution in [0, 0.1) is 0 Å². The Morgan fingerprint density at radius 2 is 1.93 bits per heavy atom. The second kappa shape index (κ2) is 8.41. The van der Waals surface area contributed by atoms with Gasteiger partial charge in [0, 0.05) is 6.54 Å². The van der Waals surface area contributed by atoms with E-state index in [9.17, 15) is 4.79 Å². The van der Waals surface area contributed by atoms with Gasteiger partial charge in [-0.05, 0) is 54.4 Å². The molecule has 1 N–H and O–H groups in total. The predicted octanol–water partition coefficient (Wildman–Crippen LogP) is 1.70. The lowest BCUT2D eigenvalue weighted by molar-refractivity contribution is 0.0941. The average molecular weight is 366 g/mol. The molecule has 0 fully saturated rings. The molecule has 0 aliphatic rings. The minimum atomic E-state index is -0.179. The van der Waals surface area contributed by atoms with Crippen molar-refractivity contribution in [3.8, 4) is 11.4 Å². The quantitative estimate of drug-likeness (QED) is 0.685. The minimum absolute atomic E-state index is 0.0278. The van der Waals surface area contributed by atoms with Crippen LogP contribution in [0.25, 0.3) is 5.69 Å². The van der Waals surface area contributed by atoms with Gasteiger partial charge >= 0.3 is 0 Å². The molecule has 1 aromatic heterocycles. The zero-order chi connectivity index (χ0) is 19.2. The molecule has 1 atom stereocenters. The van der Waals surface area contributed by atoms with Crippen molar-refractivity contribution in [2.45, 2.75) is 6.04 Å². The van der Waals surface area contributed by atoms with Gasteiger partial charge in [0.25, 0.3) is 5.91 Å². The van der Waals surface area contributed by atoms with Gasteiger partial charge < -0.3 is 15.0 Å². The van der Waals surface area contributed by atoms with Crippen molar-refractivity contribution in [2.24, 2.45) is 0 Å². The highest BCUT2D eigenvalue weighted by Gasteiger charge is 2.18. The summed E-state index contributed by atoms with van der Waals surface area (Å²) in [7, 11) is 5.60. The van der Waals surface area contributed by atoms with Gasteiger partial charge in [-0.3, -0.25) is 4.79 Å². The molecule has 8 heteroatoms. The first-order valence-corrected chi connectivity index (χ1v) is 8.51. The Hall–Kier alpha value is -3.26. The van der Waals surface area contributed by atoms with Gasteiger partial charge in [-0.25, -0.2) is 0 Å². The highest BCUT2D eigenvalue weighted by molar-refractivity contribution is 5.97. The van der Waals surface area contributed by atoms with E-state index in [1.54, 1.807) is 19.2 Å². The Bertz CT molecular complexity index is 877. The summed E-state index contributed by atoms with van der Waals surface area (Å²) < 4.78 is 6.69. The zero-order valence-electron chi connectivity index (χ0n) is 15.5. The molecule has 2 aromatic carbocycles. The number of hydrogen-bond acceptors (Lipinski definition) is 6. The van der Waals surface area contributed by atoms with Crippen LogP contribution in [0.3, 0.4) is 0 Å². The van der Waals surface area contributed by atoms with Crippen molar-refractivity contribution in [1.82, 2.24) is 30.4 Å². The first kappa shape index (κ1) is 18.5. The minimum Gasteiger partial charge on any atom is -0.497 e. The number of methoxy groups -OCH3 is 1. The summed E-state index contributed by atoms with van der Waals surface area (Å²) >= 11 is 0. The molecule has 0 spiro atoms. The molecule has 0 saturated carbocycles. The molecule has 140 valence electrons. The topological polar surface area (TPSA) is 85.2 Å². The zero-order valence-corrected chi connectivity index (χ0v) is 15.5. The smallest absolute Gasteiger partial charge is 0.253 e. The number of hydrogen-bond donors (Lipinski definition) is 1. The van der Waals surface area contributed by atoms with Crippen LogP contribution in [-0.4, -0.2) is 58.8 Å². The number of nitrogens with zero attached hydrogens (tertiary/aromatic N) is 5. The largest absolute Gasteiger partial charge is 0.497 e. The molecule has 0 aliphatic carbocycles. The van der Waals surface area contributed by atoms with E-state index in [2.05, 4.69) is 25.7 Å². The van der Waals surface area contributed by atoms with Crippen LogP contribution in [0.5, 0.6) is 5.75 Å². The summed E-state index contributed by atoms with van der Waals surface area (Å²) in [5.74, 6) is 0.622. The third kappa shape index (κ3) is 4.29. The number of ether oxygens (including phenoxy) is 1. The third-order valence-electron chi connectivity index (χ3n) is 4.32. The molecule has 3 rings (SSSR count). The van der Waals surface area contributed by atoms with Crippen LogP contribution in [-0.2, 0) is 0 Å². The first-order chi connectivity index (χ1) is 13.1. The van der Waals surface area contributed by atoms with Crippen molar-refractivity contribution in [3.05, 3.63) is 66.0 Å². The molecule has 3 aromatic rings. The molecule has 0 saturated heterocycles. The lowest BCUT2D eigenvalue weighted by Gasteiger charge is -2.25. The fourth-order valence-electron chi connectivity index (χ4n) is 2.85. The number of nitrogens with one attached hydrogen (secondary N) is 1. The van der Waals surface area contributed by atoms with Crippen molar-refractivity contribution in [2.75, 3.05) is 27.7 Å². The Labute approximate surface area is 157 Å². The van der Waals surface area contributed by atoms with Gasteiger partial charge in [0.1, 0.15) is 12.1 Å². The number of amides is 1. The van der Waals surface area contributed by atoms with Crippen molar-refractivity contribution >= 4 is 5.91 Å². The molecular weight excluding hydrogens is 344 g/mol. The SMILES string of the molecule is COc1ccc(C(CNC(=O)c2ccccc2-n2cnnn2)N(C)C)cc1. The maximum absolute atomic E-state index is 12.8. The van der Waals surface area contributed by atoms with E-state index >= 15 is 0 Å². The molecule has 1 unspecified atom stereocenters. The van der Waals surface area contributed by atoms with Gasteiger partial charge in [-0.1, -0.05) is 24.3 Å². The van der Waals surface area contributed by atoms with Gasteiger partial charge in [-0.2, -0.15) is 4.68 Å². The Morgan fingerprint density at radius 1 is 1.19 bits per heavy atom. The molecule has 27 heavy (non-hydrogen) atoms. The normalized spacial score (nSPS) is 12.0. The van der Waals surface area contributed by atoms with E-state index < -0.39 is 0 Å². The molecule has 0 aliphatic heterocycles. The van der Waals surface area contributed by atoms with Crippen LogP contribution < -0.4 is 10.1 Å². The first-order valence-electron chi connectivity index (χ1n) is 8.51. The van der Waals surface area contributed by atoms with Crippen molar-refractivity contribution in [1.29, 1.82) is 0 Å². The summed E-state index contributed by atoms with van der Waals surface area (Å²) in [5, 5.41) is 14.2. The number of tetrazole rings is 1. The number of rotatable bonds is 7. The lowest BCUT2D eigenvalue weighted by atomic mass is 10.1. The monoisotopic (exact) mass is 366 g/mol. The lowest BCUT2D eigenvalue weighted by Crippen LogP contribution is -2.35. The highest BCUT2D eigenvalue weighted by atomic mass is 16.5. The predicted molar refractivity (Wildman–Crippen MR) is 101 cm³/mol. The van der Waals surface area contributed by atoms with Gasteiger partial charge in [0.15, 0.2) is 0 Å². The van der Waals surface area contributed by atoms with Crippen LogP contribution in [0.4, 0.5) is 0 Å². The van der Waals surface area contributed by atoms with E-state index in [-0.39, 0.29) is 11.9 Å². The second-order valence-electron chi connectivity index (χ2n) is 6.23. The number of likely N-dealkylation sites (N-methyl/N-ethyl adjacent to an activating group) is 1. The maximum Gasteiger partial charge on any atom is 0.253 e. The van der Waals surface area contributed by atoms with E-state index in [1.165, 1.54) is 11.0 Å². The fourth-order valence-corrected chi connectivity index (χ4v) is 2.85. The summed E-state index contributed by atoms with van der Waals surface area (Å²) in [6.07, 6.45) is 1.46. The number of para-hydroxylation sites is 1. The molecular formula is C19H22N6O2. The number of carbonyl (C=O) groups excluding carboxylic acids is 1. The van der Waals surface area contributed by atoms with Crippen molar-refractivity contribution in [3.63, 3.8) is 0 Å². The number of aromatic nitrogens is 4. The van der Waals surface area contributed by atoms with Crippen LogP contribution in [0.15, 0.2) is 54.9 Å². The fraction of sp³-hybridized carbons (Fsp3) is 0.263. The number of carbonyl (C=O) groups is 1. The average Bonchev–Trinajstić information content (AvgIpc) is 3.23. The van der Waals surface area contributed by atoms with E-state index in [1.807, 2.05) is 50.5 Å². The summed E-state index contributed by atoms with van der Waals surface area (Å²) in [6.45, 7) is 0.460. The van der Waals surface area contributed by atoms with Crippen LogP contribution >= 0.6 is 0 Å². The second-order valence-corrected chi connectivity index (χ2v) is 6.23. The van der Waals surface area contributed by atoms with Gasteiger partial charge in [-0.15, -0.1) is 5.10 Å². The Morgan fingerprint density at radius 3 is 2.56 bits per heavy atom. The molecule has 8 nitrogen and oxygen atoms in total. The maximum atomic E-state index is 12.8. The Kier molecular flexibility index (Phi) is 5.77. The summed E-state index contributed by atoms with van der Waals surface area (Å²) in [6, 6.07) is 15.1. The van der Waals surface area contributed by atoms with Crippen LogP contribution in [0.1, 0.15) is 22.0 Å². The van der Waals surface area contributed by atoms with Gasteiger partial charge in [0.2, 0.25) is 0 Å². The van der Waals surface area contributed by atoms with E-state index in [0.717, 1.165) is 11.3 Å². The van der Waals surface area contributed by atoms with Gasteiger partial charge in [0.05, 0.1) is 24.4 Å². The molecule has 0 radical (unpaired) electrons. The number of benzene rings is 2. The third-order valence-corrected chi connectivity index (χ3v) is 4.32. The standard InChI is InChI=1S/C19H22N6O2/c1-24(2)18(14-8-10-15(27-3)11-9-14)12-20-19(26)16-6-4-5-7-17(16)25-13-21-22-23-25/h4-11,13,18H,12H2,1-3H3,(H,20,26). The summed E-state index contributed by atoms with van der Waals surface area (Å²) in [4.78, 5) is 14.9. The summed E-state index contributed by atoms with van der Waals surface area (Å²) in [5.41, 5.74) is 2.23. The molecule has 1 amide bonds. The molecule has 1 heterocycles. The Balaban J connectivity index is 1.75. The van der Waals surface area contributed by atoms with E-state index in [0.29, 0.717) is 17.8 Å². The molecule has 0 bridgehead atoms. The van der Waals surface area contributed by atoms with Crippen molar-refractivity contribution < 1.29 is 9.53 Å². The highest BCUT2D eigenvalue weighted by Crippen LogP contribution is 2.21. The van der Waals surface area contributed by atoms with Crippen LogP contribution in [0.2, 0.25) is 0 Å². The van der Waals surface area contributed by atoms with E-state index in [4.69, 9.17) is 4.74 Å².